The Labute approximate surface area is 138 Å². The number of nitrogens with zero attached hydrogens (tertiary/aromatic N) is 3. The number of rotatable bonds is 3. The quantitative estimate of drug-likeness (QED) is 0.900. The van der Waals surface area contributed by atoms with Crippen LogP contribution in [-0.4, -0.2) is 52.2 Å². The van der Waals surface area contributed by atoms with E-state index in [0.717, 1.165) is 28.3 Å². The lowest BCUT2D eigenvalue weighted by molar-refractivity contribution is 0.196. The van der Waals surface area contributed by atoms with Crippen LogP contribution in [0, 0.1) is 0 Å². The smallest absolute Gasteiger partial charge is 0.317 e. The van der Waals surface area contributed by atoms with Gasteiger partial charge in [-0.2, -0.15) is 8.75 Å². The summed E-state index contributed by atoms with van der Waals surface area (Å²) in [5.41, 5.74) is 1.92. The molecule has 0 aliphatic carbocycles. The van der Waals surface area contributed by atoms with Crippen LogP contribution in [0.2, 0.25) is 0 Å². The molecule has 2 aromatic rings. The molecule has 124 valence electrons. The second-order valence-electron chi connectivity index (χ2n) is 6.28. The van der Waals surface area contributed by atoms with E-state index >= 15 is 0 Å². The maximum atomic E-state index is 12.3. The zero-order valence-corrected chi connectivity index (χ0v) is 14.6. The largest absolute Gasteiger partial charge is 0.332 e. The first kappa shape index (κ1) is 16.1. The Morgan fingerprint density at radius 1 is 1.39 bits per heavy atom. The fourth-order valence-corrected chi connectivity index (χ4v) is 5.34. The summed E-state index contributed by atoms with van der Waals surface area (Å²) >= 11 is 1.16. The first-order chi connectivity index (χ1) is 10.8. The molecule has 7 nitrogen and oxygen atoms in total. The second-order valence-corrected chi connectivity index (χ2v) is 8.99. The number of aromatic nitrogens is 2. The fourth-order valence-electron chi connectivity index (χ4n) is 2.73. The van der Waals surface area contributed by atoms with Gasteiger partial charge in [-0.3, -0.25) is 0 Å². The highest BCUT2D eigenvalue weighted by molar-refractivity contribution is 7.91. The van der Waals surface area contributed by atoms with Crippen molar-refractivity contribution in [1.82, 2.24) is 19.0 Å². The Balaban J connectivity index is 1.65. The van der Waals surface area contributed by atoms with E-state index in [0.29, 0.717) is 13.0 Å². The average Bonchev–Trinajstić information content (AvgIpc) is 3.02. The molecule has 0 saturated carbocycles. The third-order valence-electron chi connectivity index (χ3n) is 4.00. The predicted octanol–water partition coefficient (Wildman–Crippen LogP) is 1.41. The number of benzene rings is 1. The summed E-state index contributed by atoms with van der Waals surface area (Å²) in [4.78, 5) is 13.9. The number of fused-ring (bicyclic) bond motifs is 1. The molecular formula is C14H18N4O3S2. The molecular weight excluding hydrogens is 336 g/mol. The normalized spacial score (nSPS) is 23.0. The van der Waals surface area contributed by atoms with Crippen LogP contribution in [-0.2, 0) is 16.4 Å². The van der Waals surface area contributed by atoms with Gasteiger partial charge in [0.2, 0.25) is 0 Å². The minimum absolute atomic E-state index is 0.00394. The Morgan fingerprint density at radius 3 is 2.83 bits per heavy atom. The maximum Gasteiger partial charge on any atom is 0.317 e. The van der Waals surface area contributed by atoms with Gasteiger partial charge in [-0.25, -0.2) is 13.2 Å². The van der Waals surface area contributed by atoms with Crippen molar-refractivity contribution in [2.24, 2.45) is 0 Å². The number of carbonyl (C=O) groups excluding carboxylic acids is 1. The van der Waals surface area contributed by atoms with E-state index < -0.39 is 15.4 Å². The molecule has 0 spiro atoms. The Morgan fingerprint density at radius 2 is 2.13 bits per heavy atom. The van der Waals surface area contributed by atoms with Gasteiger partial charge in [-0.15, -0.1) is 0 Å². The molecule has 1 aromatic heterocycles. The minimum atomic E-state index is -3.05. The molecule has 0 bridgehead atoms. The summed E-state index contributed by atoms with van der Waals surface area (Å²) in [5, 5.41) is 2.84. The molecule has 1 aliphatic heterocycles. The van der Waals surface area contributed by atoms with Gasteiger partial charge in [0.25, 0.3) is 0 Å². The van der Waals surface area contributed by atoms with Crippen LogP contribution in [0.3, 0.4) is 0 Å². The molecule has 1 aromatic carbocycles. The Kier molecular flexibility index (Phi) is 4.01. The monoisotopic (exact) mass is 354 g/mol. The number of hydrogen-bond donors (Lipinski definition) is 1. The van der Waals surface area contributed by atoms with Crippen molar-refractivity contribution in [1.29, 1.82) is 0 Å². The zero-order chi connectivity index (χ0) is 16.7. The van der Waals surface area contributed by atoms with Crippen molar-refractivity contribution < 1.29 is 13.2 Å². The minimum Gasteiger partial charge on any atom is -0.332 e. The topological polar surface area (TPSA) is 92.3 Å². The van der Waals surface area contributed by atoms with E-state index in [1.807, 2.05) is 18.2 Å². The van der Waals surface area contributed by atoms with Crippen molar-refractivity contribution in [3.63, 3.8) is 0 Å². The van der Waals surface area contributed by atoms with Gasteiger partial charge >= 0.3 is 6.03 Å². The lowest BCUT2D eigenvalue weighted by Crippen LogP contribution is -2.51. The standard InChI is InChI=1S/C14H18N4O3S2/c1-14(5-6-23(20,21)9-14)15-13(19)18(2)8-10-3-4-11-12(7-10)17-22-16-11/h3-4,7H,5-6,8-9H2,1-2H3,(H,15,19)/t14-/m1/s1. The van der Waals surface area contributed by atoms with Crippen LogP contribution in [0.15, 0.2) is 18.2 Å². The van der Waals surface area contributed by atoms with Gasteiger partial charge in [-0.1, -0.05) is 6.07 Å². The van der Waals surface area contributed by atoms with Crippen molar-refractivity contribution >= 4 is 38.6 Å². The maximum absolute atomic E-state index is 12.3. The van der Waals surface area contributed by atoms with Crippen LogP contribution < -0.4 is 5.32 Å². The van der Waals surface area contributed by atoms with Crippen molar-refractivity contribution in [3.05, 3.63) is 23.8 Å². The SMILES string of the molecule is CN(Cc1ccc2nsnc2c1)C(=O)N[C@]1(C)CCS(=O)(=O)C1. The predicted molar refractivity (Wildman–Crippen MR) is 89.1 cm³/mol. The molecule has 1 N–H and O–H groups in total. The summed E-state index contributed by atoms with van der Waals surface area (Å²) in [7, 11) is -1.36. The van der Waals surface area contributed by atoms with E-state index in [1.165, 1.54) is 4.90 Å². The van der Waals surface area contributed by atoms with Gasteiger partial charge in [0.1, 0.15) is 11.0 Å². The highest BCUT2D eigenvalue weighted by Crippen LogP contribution is 2.23. The molecule has 1 fully saturated rings. The lowest BCUT2D eigenvalue weighted by Gasteiger charge is -2.27. The van der Waals surface area contributed by atoms with Gasteiger partial charge < -0.3 is 10.2 Å². The van der Waals surface area contributed by atoms with Gasteiger partial charge in [0, 0.05) is 13.6 Å². The molecule has 9 heteroatoms. The second kappa shape index (κ2) is 5.72. The van der Waals surface area contributed by atoms with E-state index in [9.17, 15) is 13.2 Å². The van der Waals surface area contributed by atoms with E-state index in [2.05, 4.69) is 14.1 Å². The summed E-state index contributed by atoms with van der Waals surface area (Å²) in [6, 6.07) is 5.42. The van der Waals surface area contributed by atoms with E-state index in [-0.39, 0.29) is 17.5 Å². The van der Waals surface area contributed by atoms with Crippen LogP contribution in [0.25, 0.3) is 11.0 Å². The number of nitrogens with one attached hydrogen (secondary N) is 1. The third kappa shape index (κ3) is 3.61. The number of amides is 2. The van der Waals surface area contributed by atoms with Crippen LogP contribution >= 0.6 is 11.7 Å². The number of urea groups is 1. The number of sulfone groups is 1. The summed E-state index contributed by atoms with van der Waals surface area (Å²) in [6.45, 7) is 2.19. The van der Waals surface area contributed by atoms with Crippen molar-refractivity contribution in [2.45, 2.75) is 25.4 Å². The first-order valence-corrected chi connectivity index (χ1v) is 9.76. The molecule has 2 heterocycles. The summed E-state index contributed by atoms with van der Waals surface area (Å²) in [6.07, 6.45) is 0.450. The van der Waals surface area contributed by atoms with Gasteiger partial charge in [0.15, 0.2) is 9.84 Å². The highest BCUT2D eigenvalue weighted by atomic mass is 32.2. The van der Waals surface area contributed by atoms with E-state index in [4.69, 9.17) is 0 Å². The summed E-state index contributed by atoms with van der Waals surface area (Å²) in [5.74, 6) is 0.122. The molecule has 2 amide bonds. The number of hydrogen-bond acceptors (Lipinski definition) is 6. The van der Waals surface area contributed by atoms with E-state index in [1.54, 1.807) is 14.0 Å². The first-order valence-electron chi connectivity index (χ1n) is 7.21. The zero-order valence-electron chi connectivity index (χ0n) is 12.9. The molecule has 3 rings (SSSR count). The fraction of sp³-hybridized carbons (Fsp3) is 0.500. The molecule has 1 aliphatic rings. The van der Waals surface area contributed by atoms with Crippen molar-refractivity contribution in [2.75, 3.05) is 18.6 Å². The molecule has 0 unspecified atom stereocenters. The van der Waals surface area contributed by atoms with Crippen LogP contribution in [0.5, 0.6) is 0 Å². The van der Waals surface area contributed by atoms with Gasteiger partial charge in [-0.05, 0) is 31.0 Å². The average molecular weight is 354 g/mol. The summed E-state index contributed by atoms with van der Waals surface area (Å²) < 4.78 is 31.6. The van der Waals surface area contributed by atoms with Crippen LogP contribution in [0.4, 0.5) is 4.79 Å². The van der Waals surface area contributed by atoms with Crippen LogP contribution in [0.1, 0.15) is 18.9 Å². The Bertz CT molecular complexity index is 849. The van der Waals surface area contributed by atoms with Gasteiger partial charge in [0.05, 0.1) is 28.8 Å². The van der Waals surface area contributed by atoms with Crippen molar-refractivity contribution in [3.8, 4) is 0 Å². The third-order valence-corrected chi connectivity index (χ3v) is 6.46. The molecule has 0 radical (unpaired) electrons. The lowest BCUT2D eigenvalue weighted by atomic mass is 10.0. The molecule has 1 atom stereocenters. The molecule has 1 saturated heterocycles. The molecule has 23 heavy (non-hydrogen) atoms. The Hall–Kier alpha value is -1.74. The highest BCUT2D eigenvalue weighted by Gasteiger charge is 2.39. The number of carbonyl (C=O) groups is 1.